The van der Waals surface area contributed by atoms with Crippen molar-refractivity contribution < 1.29 is 13.2 Å². The largest absolute Gasteiger partial charge is 0.355 e. The molecule has 4 rings (SSSR count). The third-order valence-electron chi connectivity index (χ3n) is 4.57. The minimum absolute atomic E-state index is 0.109. The second-order valence-electron chi connectivity index (χ2n) is 6.26. The first kappa shape index (κ1) is 16.3. The highest BCUT2D eigenvalue weighted by molar-refractivity contribution is 7.98. The summed E-state index contributed by atoms with van der Waals surface area (Å²) < 4.78 is 45.8. The van der Waals surface area contributed by atoms with Crippen LogP contribution in [0.3, 0.4) is 0 Å². The predicted molar refractivity (Wildman–Crippen MR) is 94.0 cm³/mol. The molecule has 1 fully saturated rings. The lowest BCUT2D eigenvalue weighted by molar-refractivity contribution is 0.315. The van der Waals surface area contributed by atoms with Crippen LogP contribution in [0.25, 0.3) is 11.1 Å². The fourth-order valence-electron chi connectivity index (χ4n) is 2.96. The summed E-state index contributed by atoms with van der Waals surface area (Å²) in [5, 5.41) is 6.40. The fourth-order valence-corrected chi connectivity index (χ4v) is 3.65. The summed E-state index contributed by atoms with van der Waals surface area (Å²) in [7, 11) is 0. The first-order valence-electron chi connectivity index (χ1n) is 8.15. The number of para-hydroxylation sites is 1. The molecule has 0 atom stereocenters. The fraction of sp³-hybridized carbons (Fsp3) is 0.278. The van der Waals surface area contributed by atoms with E-state index in [2.05, 4.69) is 15.0 Å². The molecule has 0 amide bonds. The normalized spacial score (nSPS) is 16.5. The monoisotopic (exact) mass is 363 g/mol. The van der Waals surface area contributed by atoms with Crippen molar-refractivity contribution in [2.75, 3.05) is 11.9 Å². The third-order valence-corrected chi connectivity index (χ3v) is 5.38. The molecule has 0 aromatic heterocycles. The van der Waals surface area contributed by atoms with Crippen LogP contribution in [-0.4, -0.2) is 12.5 Å². The molecule has 0 bridgehead atoms. The highest BCUT2D eigenvalue weighted by Gasteiger charge is 2.22. The predicted octanol–water partition coefficient (Wildman–Crippen LogP) is 4.95. The van der Waals surface area contributed by atoms with Crippen molar-refractivity contribution in [3.05, 3.63) is 47.8 Å². The molecule has 2 aromatic rings. The number of hydrogen-bond donors (Lipinski definition) is 2. The van der Waals surface area contributed by atoms with Crippen molar-refractivity contribution >= 4 is 23.6 Å². The Morgan fingerprint density at radius 1 is 1.16 bits per heavy atom. The van der Waals surface area contributed by atoms with Crippen molar-refractivity contribution in [1.29, 1.82) is 0 Å². The Kier molecular flexibility index (Phi) is 4.33. The van der Waals surface area contributed by atoms with Crippen LogP contribution < -0.4 is 10.6 Å². The maximum atomic E-state index is 14.2. The van der Waals surface area contributed by atoms with Gasteiger partial charge in [-0.1, -0.05) is 18.6 Å². The number of fused-ring (bicyclic) bond motifs is 1. The number of guanidine groups is 1. The van der Waals surface area contributed by atoms with E-state index in [1.807, 2.05) is 6.07 Å². The molecule has 1 heterocycles. The van der Waals surface area contributed by atoms with Crippen LogP contribution in [0.1, 0.15) is 19.3 Å². The molecule has 130 valence electrons. The van der Waals surface area contributed by atoms with Gasteiger partial charge < -0.3 is 10.6 Å². The van der Waals surface area contributed by atoms with Crippen LogP contribution in [0, 0.1) is 23.4 Å². The summed E-state index contributed by atoms with van der Waals surface area (Å²) in [4.78, 5) is 0.774. The van der Waals surface area contributed by atoms with E-state index in [4.69, 9.17) is 0 Å². The molecule has 1 aliphatic carbocycles. The van der Waals surface area contributed by atoms with Gasteiger partial charge in [0, 0.05) is 35.7 Å². The van der Waals surface area contributed by atoms with Gasteiger partial charge in [-0.15, -0.1) is 0 Å². The lowest BCUT2D eigenvalue weighted by Gasteiger charge is -2.27. The van der Waals surface area contributed by atoms with Crippen molar-refractivity contribution in [3.8, 4) is 11.1 Å². The summed E-state index contributed by atoms with van der Waals surface area (Å²) in [5.74, 6) is -1.84. The summed E-state index contributed by atoms with van der Waals surface area (Å²) in [6.45, 7) is 0.826. The second kappa shape index (κ2) is 6.63. The van der Waals surface area contributed by atoms with E-state index >= 15 is 0 Å². The lowest BCUT2D eigenvalue weighted by Crippen LogP contribution is -2.37. The molecule has 0 spiro atoms. The van der Waals surface area contributed by atoms with Gasteiger partial charge >= 0.3 is 0 Å². The molecule has 1 saturated carbocycles. The summed E-state index contributed by atoms with van der Waals surface area (Å²) in [6, 6.07) is 6.74. The van der Waals surface area contributed by atoms with Gasteiger partial charge in [0.1, 0.15) is 5.82 Å². The van der Waals surface area contributed by atoms with E-state index in [0.717, 1.165) is 17.5 Å². The highest BCUT2D eigenvalue weighted by atomic mass is 32.2. The van der Waals surface area contributed by atoms with Gasteiger partial charge in [0.15, 0.2) is 11.6 Å². The zero-order chi connectivity index (χ0) is 17.4. The smallest absolute Gasteiger partial charge is 0.207 e. The van der Waals surface area contributed by atoms with Crippen molar-refractivity contribution in [1.82, 2.24) is 5.32 Å². The number of benzene rings is 2. The van der Waals surface area contributed by atoms with Crippen molar-refractivity contribution in [2.45, 2.75) is 24.2 Å². The van der Waals surface area contributed by atoms with Crippen LogP contribution in [0.5, 0.6) is 0 Å². The van der Waals surface area contributed by atoms with Gasteiger partial charge in [0.25, 0.3) is 0 Å². The van der Waals surface area contributed by atoms with Gasteiger partial charge in [0.05, 0.1) is 10.6 Å². The maximum Gasteiger partial charge on any atom is 0.207 e. The van der Waals surface area contributed by atoms with Gasteiger partial charge in [-0.3, -0.25) is 0 Å². The molecule has 3 nitrogen and oxygen atoms in total. The Morgan fingerprint density at radius 2 is 2.00 bits per heavy atom. The van der Waals surface area contributed by atoms with Gasteiger partial charge in [-0.25, -0.2) is 13.2 Å². The number of nitrogens with zero attached hydrogens (tertiary/aromatic N) is 1. The molecular formula is C18H16F3N3S. The molecule has 25 heavy (non-hydrogen) atoms. The quantitative estimate of drug-likeness (QED) is 0.598. The van der Waals surface area contributed by atoms with Crippen LogP contribution >= 0.6 is 11.9 Å². The van der Waals surface area contributed by atoms with Crippen molar-refractivity contribution in [2.24, 2.45) is 10.3 Å². The molecule has 2 N–H and O–H groups in total. The summed E-state index contributed by atoms with van der Waals surface area (Å²) >= 11 is 1.25. The first-order chi connectivity index (χ1) is 12.1. The van der Waals surface area contributed by atoms with E-state index in [1.54, 1.807) is 12.1 Å². The van der Waals surface area contributed by atoms with Crippen LogP contribution in [0.4, 0.5) is 18.9 Å². The average Bonchev–Trinajstić information content (AvgIpc) is 2.56. The van der Waals surface area contributed by atoms with Crippen LogP contribution in [0.15, 0.2) is 39.6 Å². The summed E-state index contributed by atoms with van der Waals surface area (Å²) in [6.07, 6.45) is 3.68. The Labute approximate surface area is 147 Å². The molecule has 0 saturated heterocycles. The van der Waals surface area contributed by atoms with E-state index in [1.165, 1.54) is 31.2 Å². The maximum absolute atomic E-state index is 14.2. The van der Waals surface area contributed by atoms with E-state index < -0.39 is 17.5 Å². The number of nitrogens with one attached hydrogen (secondary N) is 2. The minimum Gasteiger partial charge on any atom is -0.355 e. The molecule has 2 aromatic carbocycles. The lowest BCUT2D eigenvalue weighted by atomic mass is 9.85. The number of rotatable bonds is 3. The minimum atomic E-state index is -1.20. The Balaban J connectivity index is 1.65. The number of anilines is 1. The van der Waals surface area contributed by atoms with Crippen LogP contribution in [-0.2, 0) is 0 Å². The molecule has 0 unspecified atom stereocenters. The standard InChI is InChI=1S/C18H16F3N3S/c19-11-7-13(16(21)14(20)8-11)12-5-2-6-15-17(12)23-18(24-25-15)22-9-10-3-1-4-10/h2,5-8,10H,1,3-4,9H2,(H2,22,23,24). The van der Waals surface area contributed by atoms with E-state index in [9.17, 15) is 13.2 Å². The van der Waals surface area contributed by atoms with Gasteiger partial charge in [0.2, 0.25) is 5.96 Å². The van der Waals surface area contributed by atoms with Gasteiger partial charge in [-0.05, 0) is 30.9 Å². The van der Waals surface area contributed by atoms with E-state index in [0.29, 0.717) is 29.2 Å². The highest BCUT2D eigenvalue weighted by Crippen LogP contribution is 2.40. The zero-order valence-electron chi connectivity index (χ0n) is 13.3. The Bertz CT molecular complexity index is 850. The van der Waals surface area contributed by atoms with Crippen molar-refractivity contribution in [3.63, 3.8) is 0 Å². The molecule has 7 heteroatoms. The molecule has 2 aliphatic rings. The Morgan fingerprint density at radius 3 is 2.76 bits per heavy atom. The zero-order valence-corrected chi connectivity index (χ0v) is 14.1. The average molecular weight is 363 g/mol. The summed E-state index contributed by atoms with van der Waals surface area (Å²) in [5.41, 5.74) is 0.893. The third kappa shape index (κ3) is 3.20. The molecule has 1 aliphatic heterocycles. The van der Waals surface area contributed by atoms with E-state index in [-0.39, 0.29) is 5.56 Å². The van der Waals surface area contributed by atoms with Crippen LogP contribution in [0.2, 0.25) is 0 Å². The molecule has 0 radical (unpaired) electrons. The van der Waals surface area contributed by atoms with Gasteiger partial charge in [-0.2, -0.15) is 4.40 Å². The topological polar surface area (TPSA) is 36.4 Å². The number of halogens is 3. The first-order valence-corrected chi connectivity index (χ1v) is 8.93. The second-order valence-corrected chi connectivity index (χ2v) is 7.07. The Hall–Kier alpha value is -2.15. The number of hydrogen-bond acceptors (Lipinski definition) is 4. The molecular weight excluding hydrogens is 347 g/mol. The SMILES string of the molecule is Fc1cc(F)c(F)c(-c2cccc3c2NC(NCC2CCC2)=NS3)c1.